The standard InChI is InChI=1S/C19H31N3O3/c23-18(20-9-14-6-7-14)16-8-15-11-22(12-17(16)25-15)19(24)21-10-13-4-2-1-3-5-13/h13-17H,1-12H2,(H,20,23)(H,21,24)/t15-,16+,17-/m1/s1. The number of amides is 3. The zero-order chi connectivity index (χ0) is 17.2. The number of rotatable bonds is 5. The van der Waals surface area contributed by atoms with Gasteiger partial charge < -0.3 is 20.3 Å². The second-order valence-corrected chi connectivity index (χ2v) is 8.42. The molecule has 25 heavy (non-hydrogen) atoms. The van der Waals surface area contributed by atoms with Gasteiger partial charge in [-0.05, 0) is 43.9 Å². The van der Waals surface area contributed by atoms with Crippen molar-refractivity contribution in [1.29, 1.82) is 0 Å². The summed E-state index contributed by atoms with van der Waals surface area (Å²) in [7, 11) is 0. The van der Waals surface area contributed by atoms with Crippen LogP contribution in [-0.2, 0) is 9.53 Å². The third kappa shape index (κ3) is 4.27. The molecule has 0 aromatic rings. The molecule has 2 aliphatic heterocycles. The van der Waals surface area contributed by atoms with E-state index in [1.54, 1.807) is 0 Å². The summed E-state index contributed by atoms with van der Waals surface area (Å²) in [6, 6.07) is 0.0166. The van der Waals surface area contributed by atoms with Gasteiger partial charge in [0, 0.05) is 26.2 Å². The van der Waals surface area contributed by atoms with Crippen LogP contribution in [0.1, 0.15) is 51.4 Å². The smallest absolute Gasteiger partial charge is 0.317 e. The largest absolute Gasteiger partial charge is 0.370 e. The van der Waals surface area contributed by atoms with Crippen molar-refractivity contribution in [2.24, 2.45) is 17.8 Å². The van der Waals surface area contributed by atoms with Crippen LogP contribution in [0.5, 0.6) is 0 Å². The normalized spacial score (nSPS) is 32.5. The molecule has 140 valence electrons. The summed E-state index contributed by atoms with van der Waals surface area (Å²) >= 11 is 0. The van der Waals surface area contributed by atoms with Gasteiger partial charge in [-0.3, -0.25) is 4.79 Å². The first kappa shape index (κ1) is 17.1. The van der Waals surface area contributed by atoms with Crippen LogP contribution in [0.25, 0.3) is 0 Å². The molecule has 0 unspecified atom stereocenters. The number of ether oxygens (including phenoxy) is 1. The molecule has 2 N–H and O–H groups in total. The minimum atomic E-state index is -0.140. The van der Waals surface area contributed by atoms with Crippen molar-refractivity contribution < 1.29 is 14.3 Å². The predicted molar refractivity (Wildman–Crippen MR) is 94.0 cm³/mol. The molecule has 2 saturated heterocycles. The van der Waals surface area contributed by atoms with E-state index in [2.05, 4.69) is 10.6 Å². The number of morpholine rings is 1. The molecule has 0 spiro atoms. The van der Waals surface area contributed by atoms with Gasteiger partial charge in [-0.15, -0.1) is 0 Å². The van der Waals surface area contributed by atoms with E-state index in [4.69, 9.17) is 4.74 Å². The molecule has 6 heteroatoms. The van der Waals surface area contributed by atoms with Gasteiger partial charge in [0.2, 0.25) is 5.91 Å². The minimum absolute atomic E-state index is 0.0101. The first-order chi connectivity index (χ1) is 12.2. The Morgan fingerprint density at radius 3 is 2.40 bits per heavy atom. The number of carbonyl (C=O) groups is 2. The van der Waals surface area contributed by atoms with Gasteiger partial charge in [-0.2, -0.15) is 0 Å². The highest BCUT2D eigenvalue weighted by Crippen LogP contribution is 2.33. The zero-order valence-corrected chi connectivity index (χ0v) is 15.0. The van der Waals surface area contributed by atoms with Crippen LogP contribution in [0, 0.1) is 17.8 Å². The van der Waals surface area contributed by atoms with E-state index in [1.165, 1.54) is 44.9 Å². The Kier molecular flexibility index (Phi) is 5.15. The first-order valence-electron chi connectivity index (χ1n) is 10.1. The van der Waals surface area contributed by atoms with Gasteiger partial charge in [0.15, 0.2) is 0 Å². The minimum Gasteiger partial charge on any atom is -0.370 e. The van der Waals surface area contributed by atoms with Crippen molar-refractivity contribution >= 4 is 11.9 Å². The molecular formula is C19H31N3O3. The summed E-state index contributed by atoms with van der Waals surface area (Å²) in [5, 5.41) is 6.19. The Morgan fingerprint density at radius 1 is 0.920 bits per heavy atom. The van der Waals surface area contributed by atoms with Crippen molar-refractivity contribution in [3.8, 4) is 0 Å². The molecule has 2 heterocycles. The number of hydrogen-bond donors (Lipinski definition) is 2. The number of fused-ring (bicyclic) bond motifs is 2. The van der Waals surface area contributed by atoms with E-state index in [9.17, 15) is 9.59 Å². The fourth-order valence-electron chi connectivity index (χ4n) is 4.53. The number of carbonyl (C=O) groups excluding carboxylic acids is 2. The monoisotopic (exact) mass is 349 g/mol. The molecule has 2 saturated carbocycles. The second kappa shape index (κ2) is 7.52. The molecule has 0 aromatic carbocycles. The highest BCUT2D eigenvalue weighted by Gasteiger charge is 2.45. The lowest BCUT2D eigenvalue weighted by Crippen LogP contribution is -2.51. The third-order valence-corrected chi connectivity index (χ3v) is 6.31. The molecule has 4 rings (SSSR count). The van der Waals surface area contributed by atoms with Crippen molar-refractivity contribution in [2.45, 2.75) is 63.6 Å². The highest BCUT2D eigenvalue weighted by molar-refractivity contribution is 5.80. The SMILES string of the molecule is O=C(NCC1CC1)[C@H]1C[C@@H]2CN(C(=O)NCC3CCCCC3)C[C@H]1O2. The topological polar surface area (TPSA) is 70.7 Å². The molecule has 3 atom stereocenters. The summed E-state index contributed by atoms with van der Waals surface area (Å²) in [5.74, 6) is 1.34. The molecular weight excluding hydrogens is 318 g/mol. The van der Waals surface area contributed by atoms with E-state index in [-0.39, 0.29) is 30.1 Å². The average molecular weight is 349 g/mol. The molecule has 2 bridgehead atoms. The number of urea groups is 1. The van der Waals surface area contributed by atoms with Gasteiger partial charge in [0.05, 0.1) is 18.1 Å². The number of likely N-dealkylation sites (tertiary alicyclic amines) is 1. The number of hydrogen-bond acceptors (Lipinski definition) is 3. The lowest BCUT2D eigenvalue weighted by Gasteiger charge is -2.33. The Morgan fingerprint density at radius 2 is 1.64 bits per heavy atom. The van der Waals surface area contributed by atoms with Gasteiger partial charge in [-0.25, -0.2) is 4.79 Å². The molecule has 4 fully saturated rings. The van der Waals surface area contributed by atoms with Crippen LogP contribution in [0.2, 0.25) is 0 Å². The van der Waals surface area contributed by atoms with E-state index in [0.29, 0.717) is 24.9 Å². The molecule has 0 radical (unpaired) electrons. The van der Waals surface area contributed by atoms with E-state index in [0.717, 1.165) is 19.5 Å². The van der Waals surface area contributed by atoms with Crippen LogP contribution in [0.4, 0.5) is 4.79 Å². The maximum atomic E-state index is 12.5. The summed E-state index contributed by atoms with van der Waals surface area (Å²) in [4.78, 5) is 26.8. The van der Waals surface area contributed by atoms with Crippen molar-refractivity contribution in [1.82, 2.24) is 15.5 Å². The van der Waals surface area contributed by atoms with Gasteiger partial charge in [0.1, 0.15) is 0 Å². The zero-order valence-electron chi connectivity index (χ0n) is 15.0. The van der Waals surface area contributed by atoms with E-state index in [1.807, 2.05) is 4.90 Å². The molecule has 4 aliphatic rings. The summed E-state index contributed by atoms with van der Waals surface area (Å²) in [5.41, 5.74) is 0. The molecule has 6 nitrogen and oxygen atoms in total. The molecule has 2 aliphatic carbocycles. The van der Waals surface area contributed by atoms with Crippen LogP contribution >= 0.6 is 0 Å². The quantitative estimate of drug-likeness (QED) is 0.796. The maximum Gasteiger partial charge on any atom is 0.317 e. The summed E-state index contributed by atoms with van der Waals surface area (Å²) in [6.07, 6.45) is 9.48. The number of nitrogens with one attached hydrogen (secondary N) is 2. The van der Waals surface area contributed by atoms with Gasteiger partial charge >= 0.3 is 6.03 Å². The predicted octanol–water partition coefficient (Wildman–Crippen LogP) is 1.89. The van der Waals surface area contributed by atoms with E-state index < -0.39 is 0 Å². The summed E-state index contributed by atoms with van der Waals surface area (Å²) < 4.78 is 5.95. The van der Waals surface area contributed by atoms with Crippen molar-refractivity contribution in [3.63, 3.8) is 0 Å². The Hall–Kier alpha value is -1.30. The van der Waals surface area contributed by atoms with Gasteiger partial charge in [0.25, 0.3) is 0 Å². The fourth-order valence-corrected chi connectivity index (χ4v) is 4.53. The summed E-state index contributed by atoms with van der Waals surface area (Å²) in [6.45, 7) is 2.74. The van der Waals surface area contributed by atoms with Gasteiger partial charge in [-0.1, -0.05) is 19.3 Å². The maximum absolute atomic E-state index is 12.5. The third-order valence-electron chi connectivity index (χ3n) is 6.31. The fraction of sp³-hybridized carbons (Fsp3) is 0.895. The van der Waals surface area contributed by atoms with Crippen LogP contribution in [-0.4, -0.2) is 55.2 Å². The van der Waals surface area contributed by atoms with Crippen LogP contribution in [0.15, 0.2) is 0 Å². The average Bonchev–Trinajstić information content (AvgIpc) is 3.42. The Balaban J connectivity index is 1.24. The van der Waals surface area contributed by atoms with Crippen molar-refractivity contribution in [3.05, 3.63) is 0 Å². The first-order valence-corrected chi connectivity index (χ1v) is 10.1. The number of nitrogens with zero attached hydrogens (tertiary/aromatic N) is 1. The lowest BCUT2D eigenvalue weighted by atomic mass is 9.89. The highest BCUT2D eigenvalue weighted by atomic mass is 16.5. The van der Waals surface area contributed by atoms with Crippen molar-refractivity contribution in [2.75, 3.05) is 26.2 Å². The Labute approximate surface area is 150 Å². The molecule has 0 aromatic heterocycles. The second-order valence-electron chi connectivity index (χ2n) is 8.42. The molecule has 3 amide bonds. The Bertz CT molecular complexity index is 502. The van der Waals surface area contributed by atoms with Crippen LogP contribution < -0.4 is 10.6 Å². The van der Waals surface area contributed by atoms with Crippen LogP contribution in [0.3, 0.4) is 0 Å². The lowest BCUT2D eigenvalue weighted by molar-refractivity contribution is -0.127. The van der Waals surface area contributed by atoms with E-state index >= 15 is 0 Å².